The Balaban J connectivity index is 1.76. The van der Waals surface area contributed by atoms with Gasteiger partial charge in [-0.15, -0.1) is 0 Å². The lowest BCUT2D eigenvalue weighted by atomic mass is 9.93. The summed E-state index contributed by atoms with van der Waals surface area (Å²) in [6.45, 7) is 6.10. The van der Waals surface area contributed by atoms with Crippen LogP contribution in [0, 0.1) is 17.1 Å². The van der Waals surface area contributed by atoms with Crippen LogP contribution >= 0.6 is 0 Å². The van der Waals surface area contributed by atoms with Crippen LogP contribution in [-0.2, 0) is 20.9 Å². The Hall–Kier alpha value is -3.76. The van der Waals surface area contributed by atoms with Gasteiger partial charge in [-0.05, 0) is 62.6 Å². The number of amides is 2. The maximum absolute atomic E-state index is 13.8. The van der Waals surface area contributed by atoms with Crippen LogP contribution in [0.25, 0.3) is 6.08 Å². The van der Waals surface area contributed by atoms with Crippen molar-refractivity contribution >= 4 is 17.9 Å². The lowest BCUT2D eigenvalue weighted by Gasteiger charge is -2.27. The number of carbonyl (C=O) groups is 2. The zero-order valence-electron chi connectivity index (χ0n) is 19.5. The van der Waals surface area contributed by atoms with Gasteiger partial charge in [0.05, 0.1) is 6.10 Å². The first-order chi connectivity index (χ1) is 16.3. The van der Waals surface area contributed by atoms with Crippen LogP contribution in [0.3, 0.4) is 0 Å². The van der Waals surface area contributed by atoms with Crippen LogP contribution in [0.15, 0.2) is 65.3 Å². The molecule has 0 radical (unpaired) electrons. The fourth-order valence-corrected chi connectivity index (χ4v) is 3.48. The highest BCUT2D eigenvalue weighted by atomic mass is 19.1. The van der Waals surface area contributed by atoms with Gasteiger partial charge in [0, 0.05) is 24.3 Å². The molecule has 1 aliphatic rings. The summed E-state index contributed by atoms with van der Waals surface area (Å²) < 4.78 is 24.9. The molecule has 1 aliphatic heterocycles. The Morgan fingerprint density at radius 2 is 1.79 bits per heavy atom. The largest absolute Gasteiger partial charge is 0.489 e. The Morgan fingerprint density at radius 1 is 1.09 bits per heavy atom. The van der Waals surface area contributed by atoms with Crippen molar-refractivity contribution in [2.24, 2.45) is 0 Å². The first-order valence-electron chi connectivity index (χ1n) is 11.1. The summed E-state index contributed by atoms with van der Waals surface area (Å²) in [5.74, 6) is -0.799. The highest BCUT2D eigenvalue weighted by molar-refractivity contribution is 6.19. The molecule has 0 saturated heterocycles. The van der Waals surface area contributed by atoms with Crippen molar-refractivity contribution in [1.29, 1.82) is 5.26 Å². The SMILES string of the molecule is CC1=C(C#N)C(=O)N(CCCOC(C)C)C(=O)/C1=C/c1ccc(OCc2ccccc2F)cc1. The third-order valence-electron chi connectivity index (χ3n) is 5.35. The lowest BCUT2D eigenvalue weighted by molar-refractivity contribution is -0.140. The van der Waals surface area contributed by atoms with E-state index in [1.807, 2.05) is 19.9 Å². The second-order valence-electron chi connectivity index (χ2n) is 8.15. The highest BCUT2D eigenvalue weighted by Crippen LogP contribution is 2.27. The number of nitrogens with zero attached hydrogens (tertiary/aromatic N) is 2. The standard InChI is InChI=1S/C27H27FN2O4/c1-18(2)33-14-6-13-30-26(31)23(19(3)24(16-29)27(30)32)15-20-9-11-22(12-10-20)34-17-21-7-4-5-8-25(21)28/h4-5,7-12,15,18H,6,13-14,17H2,1-3H3/b23-15+. The first kappa shape index (κ1) is 24.9. The van der Waals surface area contributed by atoms with Gasteiger partial charge >= 0.3 is 0 Å². The van der Waals surface area contributed by atoms with Gasteiger partial charge in [0.2, 0.25) is 0 Å². The third kappa shape index (κ3) is 5.97. The minimum absolute atomic E-state index is 0.0412. The molecule has 2 aromatic carbocycles. The summed E-state index contributed by atoms with van der Waals surface area (Å²) in [7, 11) is 0. The summed E-state index contributed by atoms with van der Waals surface area (Å²) >= 11 is 0. The van der Waals surface area contributed by atoms with E-state index >= 15 is 0 Å². The molecule has 0 fully saturated rings. The molecule has 2 aromatic rings. The summed E-state index contributed by atoms with van der Waals surface area (Å²) in [6.07, 6.45) is 2.19. The maximum atomic E-state index is 13.8. The van der Waals surface area contributed by atoms with Gasteiger partial charge in [-0.25, -0.2) is 4.39 Å². The molecule has 0 N–H and O–H groups in total. The fraction of sp³-hybridized carbons (Fsp3) is 0.296. The van der Waals surface area contributed by atoms with Gasteiger partial charge in [-0.1, -0.05) is 30.3 Å². The normalized spacial score (nSPS) is 15.3. The van der Waals surface area contributed by atoms with E-state index in [-0.39, 0.29) is 30.6 Å². The molecule has 0 aliphatic carbocycles. The molecule has 0 bridgehead atoms. The minimum atomic E-state index is -0.580. The third-order valence-corrected chi connectivity index (χ3v) is 5.35. The molecule has 0 atom stereocenters. The second kappa shape index (κ2) is 11.4. The zero-order valence-corrected chi connectivity index (χ0v) is 19.5. The zero-order chi connectivity index (χ0) is 24.7. The predicted octanol–water partition coefficient (Wildman–Crippen LogP) is 4.81. The van der Waals surface area contributed by atoms with Crippen LogP contribution in [0.5, 0.6) is 5.75 Å². The molecular formula is C27H27FN2O4. The van der Waals surface area contributed by atoms with Crippen LogP contribution < -0.4 is 4.74 Å². The van der Waals surface area contributed by atoms with E-state index in [9.17, 15) is 19.2 Å². The van der Waals surface area contributed by atoms with Crippen molar-refractivity contribution in [1.82, 2.24) is 4.90 Å². The molecule has 7 heteroatoms. The van der Waals surface area contributed by atoms with Crippen molar-refractivity contribution in [2.75, 3.05) is 13.2 Å². The average Bonchev–Trinajstić information content (AvgIpc) is 2.81. The van der Waals surface area contributed by atoms with Gasteiger partial charge < -0.3 is 9.47 Å². The second-order valence-corrected chi connectivity index (χ2v) is 8.15. The van der Waals surface area contributed by atoms with Crippen molar-refractivity contribution < 1.29 is 23.5 Å². The molecule has 2 amide bonds. The van der Waals surface area contributed by atoms with E-state index in [0.29, 0.717) is 41.1 Å². The minimum Gasteiger partial charge on any atom is -0.489 e. The summed E-state index contributed by atoms with van der Waals surface area (Å²) in [6, 6.07) is 15.3. The number of nitriles is 1. The van der Waals surface area contributed by atoms with Gasteiger partial charge in [-0.2, -0.15) is 5.26 Å². The number of hydrogen-bond acceptors (Lipinski definition) is 5. The molecule has 0 unspecified atom stereocenters. The molecule has 3 rings (SSSR count). The quantitative estimate of drug-likeness (QED) is 0.304. The van der Waals surface area contributed by atoms with Crippen molar-refractivity contribution in [3.8, 4) is 11.8 Å². The van der Waals surface area contributed by atoms with Crippen LogP contribution in [0.1, 0.15) is 38.3 Å². The van der Waals surface area contributed by atoms with Crippen molar-refractivity contribution in [3.05, 3.63) is 82.2 Å². The summed E-state index contributed by atoms with van der Waals surface area (Å²) in [5.41, 5.74) is 1.76. The van der Waals surface area contributed by atoms with E-state index in [0.717, 1.165) is 4.90 Å². The van der Waals surface area contributed by atoms with E-state index in [1.165, 1.54) is 6.07 Å². The van der Waals surface area contributed by atoms with E-state index in [2.05, 4.69) is 0 Å². The van der Waals surface area contributed by atoms with Gasteiger partial charge in [0.25, 0.3) is 11.8 Å². The van der Waals surface area contributed by atoms with Crippen LogP contribution in [0.4, 0.5) is 4.39 Å². The maximum Gasteiger partial charge on any atom is 0.271 e. The monoisotopic (exact) mass is 462 g/mol. The van der Waals surface area contributed by atoms with E-state index in [1.54, 1.807) is 55.5 Å². The number of imide groups is 1. The summed E-state index contributed by atoms with van der Waals surface area (Å²) in [5, 5.41) is 9.51. The molecular weight excluding hydrogens is 435 g/mol. The molecule has 1 heterocycles. The Kier molecular flexibility index (Phi) is 8.34. The van der Waals surface area contributed by atoms with Crippen LogP contribution in [-0.4, -0.2) is 36.0 Å². The molecule has 0 saturated carbocycles. The number of carbonyl (C=O) groups excluding carboxylic acids is 2. The highest BCUT2D eigenvalue weighted by Gasteiger charge is 2.35. The molecule has 34 heavy (non-hydrogen) atoms. The smallest absolute Gasteiger partial charge is 0.271 e. The topological polar surface area (TPSA) is 79.6 Å². The average molecular weight is 463 g/mol. The number of rotatable bonds is 9. The fourth-order valence-electron chi connectivity index (χ4n) is 3.48. The molecule has 0 spiro atoms. The molecule has 0 aromatic heterocycles. The van der Waals surface area contributed by atoms with E-state index in [4.69, 9.17) is 9.47 Å². The Bertz CT molecular complexity index is 1160. The van der Waals surface area contributed by atoms with Gasteiger partial charge in [0.1, 0.15) is 29.8 Å². The Morgan fingerprint density at radius 3 is 2.44 bits per heavy atom. The number of benzene rings is 2. The van der Waals surface area contributed by atoms with Gasteiger partial charge in [-0.3, -0.25) is 14.5 Å². The van der Waals surface area contributed by atoms with Crippen molar-refractivity contribution in [3.63, 3.8) is 0 Å². The summed E-state index contributed by atoms with van der Waals surface area (Å²) in [4.78, 5) is 26.9. The Labute approximate surface area is 198 Å². The van der Waals surface area contributed by atoms with Gasteiger partial charge in [0.15, 0.2) is 0 Å². The molecule has 6 nitrogen and oxygen atoms in total. The van der Waals surface area contributed by atoms with Crippen LogP contribution in [0.2, 0.25) is 0 Å². The lowest BCUT2D eigenvalue weighted by Crippen LogP contribution is -2.43. The molecule has 176 valence electrons. The number of halogens is 1. The van der Waals surface area contributed by atoms with Crippen molar-refractivity contribution in [2.45, 2.75) is 39.9 Å². The predicted molar refractivity (Wildman–Crippen MR) is 126 cm³/mol. The van der Waals surface area contributed by atoms with E-state index < -0.39 is 11.8 Å². The number of ether oxygens (including phenoxy) is 2. The number of hydrogen-bond donors (Lipinski definition) is 0. The first-order valence-corrected chi connectivity index (χ1v) is 11.1.